The number of ether oxygens (including phenoxy) is 1. The number of nitrogens with zero attached hydrogens (tertiary/aromatic N) is 4. The number of carbonyl (C=O) groups excluding carboxylic acids is 2. The second kappa shape index (κ2) is 13.4. The lowest BCUT2D eigenvalue weighted by atomic mass is 10.1. The summed E-state index contributed by atoms with van der Waals surface area (Å²) in [5, 5.41) is 7.68. The number of alkyl carbamates (subject to hydrolysis) is 1. The molecule has 0 saturated carbocycles. The van der Waals surface area contributed by atoms with E-state index < -0.39 is 22.9 Å². The number of nitrogens with one attached hydrogen (secondary N) is 3. The molecule has 5 rings (SSSR count). The van der Waals surface area contributed by atoms with Crippen LogP contribution in [-0.2, 0) is 15.9 Å². The molecule has 0 aliphatic carbocycles. The van der Waals surface area contributed by atoms with Crippen LogP contribution in [0.4, 0.5) is 10.6 Å². The summed E-state index contributed by atoms with van der Waals surface area (Å²) in [6.07, 6.45) is 4.63. The van der Waals surface area contributed by atoms with Crippen LogP contribution in [0.5, 0.6) is 0 Å². The number of rotatable bonds is 9. The molecule has 44 heavy (non-hydrogen) atoms. The van der Waals surface area contributed by atoms with Crippen molar-refractivity contribution in [1.29, 1.82) is 0 Å². The van der Waals surface area contributed by atoms with Gasteiger partial charge in [-0.15, -0.1) is 0 Å². The van der Waals surface area contributed by atoms with E-state index in [-0.39, 0.29) is 29.6 Å². The number of benzene rings is 2. The number of hydrogen-bond acceptors (Lipinski definition) is 8. The molecule has 0 bridgehead atoms. The highest BCUT2D eigenvalue weighted by Crippen LogP contribution is 2.32. The quantitative estimate of drug-likeness (QED) is 0.189. The number of hydrogen-bond donors (Lipinski definition) is 3. The predicted molar refractivity (Wildman–Crippen MR) is 174 cm³/mol. The lowest BCUT2D eigenvalue weighted by Crippen LogP contribution is -2.44. The number of likely N-dealkylation sites (tertiary alicyclic amines) is 1. The molecule has 3 heterocycles. The Morgan fingerprint density at radius 3 is 2.75 bits per heavy atom. The summed E-state index contributed by atoms with van der Waals surface area (Å²) in [5.74, 6) is 1.36. The smallest absolute Gasteiger partial charge is 0.407 e. The Morgan fingerprint density at radius 1 is 1.20 bits per heavy atom. The number of anilines is 1. The standard InChI is InChI=1S/C30H35Cl2N7O4S/c1-30(2,3)43-29(41)33-15-18-6-5-10-39(18)28(40)19-14-24-20(13-21(19)32)26(35-16-34-24)37-23(9-11-44(4)42)27-36-22-8-7-17(31)12-25(22)38-27/h7-8,12-14,16,18,23H,5-6,9-11,15H2,1-4H3,(H,33,41)(H,36,38)(H,34,35,37)/t18-,23?,44?/m1/s1. The Kier molecular flexibility index (Phi) is 9.74. The van der Waals surface area contributed by atoms with Gasteiger partial charge in [-0.2, -0.15) is 0 Å². The molecule has 2 aromatic heterocycles. The minimum atomic E-state index is -1.02. The lowest BCUT2D eigenvalue weighted by molar-refractivity contribution is 0.0501. The fraction of sp³-hybridized carbons (Fsp3) is 0.433. The van der Waals surface area contributed by atoms with Gasteiger partial charge < -0.3 is 29.8 Å². The first kappa shape index (κ1) is 32.1. The monoisotopic (exact) mass is 659 g/mol. The summed E-state index contributed by atoms with van der Waals surface area (Å²) >= 11 is 11.9. The van der Waals surface area contributed by atoms with Crippen LogP contribution in [0.1, 0.15) is 62.3 Å². The highest BCUT2D eigenvalue weighted by molar-refractivity contribution is 7.90. The van der Waals surface area contributed by atoms with Crippen LogP contribution in [0.25, 0.3) is 21.9 Å². The van der Waals surface area contributed by atoms with E-state index in [4.69, 9.17) is 32.9 Å². The molecule has 1 fully saturated rings. The van der Waals surface area contributed by atoms with Crippen molar-refractivity contribution < 1.29 is 18.9 Å². The first-order chi connectivity index (χ1) is 20.9. The minimum absolute atomic E-state index is 0.187. The van der Waals surface area contributed by atoms with Gasteiger partial charge in [-0.3, -0.25) is 4.79 Å². The van der Waals surface area contributed by atoms with Gasteiger partial charge in [-0.25, -0.2) is 19.7 Å². The molecule has 0 spiro atoms. The van der Waals surface area contributed by atoms with Gasteiger partial charge in [-0.1, -0.05) is 34.4 Å². The van der Waals surface area contributed by atoms with Crippen molar-refractivity contribution in [3.05, 3.63) is 58.1 Å². The normalized spacial score (nSPS) is 16.7. The molecule has 0 radical (unpaired) electrons. The summed E-state index contributed by atoms with van der Waals surface area (Å²) in [4.78, 5) is 44.6. The molecule has 1 aliphatic heterocycles. The zero-order valence-electron chi connectivity index (χ0n) is 24.9. The van der Waals surface area contributed by atoms with Gasteiger partial charge >= 0.3 is 6.09 Å². The van der Waals surface area contributed by atoms with Crippen molar-refractivity contribution in [3.63, 3.8) is 0 Å². The first-order valence-corrected chi connectivity index (χ1v) is 16.8. The van der Waals surface area contributed by atoms with Crippen molar-refractivity contribution in [3.8, 4) is 0 Å². The summed E-state index contributed by atoms with van der Waals surface area (Å²) < 4.78 is 17.3. The Morgan fingerprint density at radius 2 is 2.00 bits per heavy atom. The summed E-state index contributed by atoms with van der Waals surface area (Å²) in [6, 6.07) is 8.24. The number of imidazole rings is 1. The van der Waals surface area contributed by atoms with Gasteiger partial charge in [0.25, 0.3) is 5.91 Å². The number of aromatic nitrogens is 4. The van der Waals surface area contributed by atoms with Crippen molar-refractivity contribution in [2.24, 2.45) is 0 Å². The molecule has 1 saturated heterocycles. The van der Waals surface area contributed by atoms with Crippen LogP contribution < -0.4 is 10.6 Å². The van der Waals surface area contributed by atoms with Gasteiger partial charge in [0.05, 0.1) is 39.4 Å². The summed E-state index contributed by atoms with van der Waals surface area (Å²) in [5.41, 5.74) is 1.79. The van der Waals surface area contributed by atoms with E-state index in [0.29, 0.717) is 51.8 Å². The highest BCUT2D eigenvalue weighted by atomic mass is 35.5. The average molecular weight is 661 g/mol. The Labute approximate surface area is 268 Å². The maximum absolute atomic E-state index is 13.7. The molecule has 2 unspecified atom stereocenters. The molecule has 3 N–H and O–H groups in total. The van der Waals surface area contributed by atoms with Crippen LogP contribution >= 0.6 is 23.2 Å². The molecule has 11 nitrogen and oxygen atoms in total. The van der Waals surface area contributed by atoms with Crippen LogP contribution in [0.3, 0.4) is 0 Å². The van der Waals surface area contributed by atoms with Gasteiger partial charge in [0.2, 0.25) is 0 Å². The van der Waals surface area contributed by atoms with Gasteiger partial charge in [0, 0.05) is 36.0 Å². The van der Waals surface area contributed by atoms with Crippen molar-refractivity contribution in [1.82, 2.24) is 30.2 Å². The zero-order chi connectivity index (χ0) is 31.6. The number of fused-ring (bicyclic) bond motifs is 2. The first-order valence-electron chi connectivity index (χ1n) is 14.3. The van der Waals surface area contributed by atoms with Crippen LogP contribution in [0.15, 0.2) is 36.7 Å². The van der Waals surface area contributed by atoms with Crippen molar-refractivity contribution in [2.75, 3.05) is 30.4 Å². The zero-order valence-corrected chi connectivity index (χ0v) is 27.3. The molecule has 14 heteroatoms. The van der Waals surface area contributed by atoms with Gasteiger partial charge in [-0.05, 0) is 63.9 Å². The maximum atomic E-state index is 13.7. The van der Waals surface area contributed by atoms with E-state index in [1.807, 2.05) is 6.07 Å². The molecule has 4 aromatic rings. The third-order valence-electron chi connectivity index (χ3n) is 7.27. The number of H-pyrrole nitrogens is 1. The van der Waals surface area contributed by atoms with Crippen molar-refractivity contribution in [2.45, 2.75) is 57.7 Å². The van der Waals surface area contributed by atoms with Crippen LogP contribution in [-0.4, -0.2) is 78.1 Å². The fourth-order valence-corrected chi connectivity index (χ4v) is 6.21. The number of carbonyl (C=O) groups is 2. The van der Waals surface area contributed by atoms with Gasteiger partial charge in [0.15, 0.2) is 0 Å². The molecule has 1 aliphatic rings. The van der Waals surface area contributed by atoms with E-state index >= 15 is 0 Å². The number of amides is 2. The summed E-state index contributed by atoms with van der Waals surface area (Å²) in [7, 11) is 0. The predicted octanol–water partition coefficient (Wildman–Crippen LogP) is 5.86. The molecule has 3 atom stereocenters. The van der Waals surface area contributed by atoms with E-state index in [0.717, 1.165) is 23.9 Å². The molecular weight excluding hydrogens is 625 g/mol. The van der Waals surface area contributed by atoms with Crippen LogP contribution in [0.2, 0.25) is 10.0 Å². The van der Waals surface area contributed by atoms with E-state index in [1.165, 1.54) is 6.33 Å². The minimum Gasteiger partial charge on any atom is -0.617 e. The highest BCUT2D eigenvalue weighted by Gasteiger charge is 2.32. The molecule has 234 valence electrons. The second-order valence-corrected chi connectivity index (χ2v) is 14.2. The topological polar surface area (TPSA) is 148 Å². The Hall–Kier alpha value is -3.32. The van der Waals surface area contributed by atoms with E-state index in [9.17, 15) is 14.1 Å². The molecule has 2 amide bonds. The third kappa shape index (κ3) is 7.66. The van der Waals surface area contributed by atoms with E-state index in [1.54, 1.807) is 56.2 Å². The average Bonchev–Trinajstić information content (AvgIpc) is 3.59. The largest absolute Gasteiger partial charge is 0.617 e. The third-order valence-corrected chi connectivity index (χ3v) is 8.63. The SMILES string of the molecule is C[S+]([O-])CCC(Nc1ncnc2cc(C(=O)N3CCC[C@@H]3CNC(=O)OC(C)(C)C)c(Cl)cc12)c1nc2cc(Cl)ccc2[nH]1. The van der Waals surface area contributed by atoms with Crippen LogP contribution in [0, 0.1) is 0 Å². The lowest BCUT2D eigenvalue weighted by Gasteiger charge is -2.26. The maximum Gasteiger partial charge on any atom is 0.407 e. The van der Waals surface area contributed by atoms with Gasteiger partial charge in [0.1, 0.15) is 29.3 Å². The van der Waals surface area contributed by atoms with E-state index in [2.05, 4.69) is 25.6 Å². The number of aromatic amines is 1. The Balaban J connectivity index is 1.38. The fourth-order valence-electron chi connectivity index (χ4n) is 5.23. The summed E-state index contributed by atoms with van der Waals surface area (Å²) in [6.45, 7) is 6.22. The molecule has 2 aromatic carbocycles. The second-order valence-electron chi connectivity index (χ2n) is 11.8. The molecular formula is C30H35Cl2N7O4S. The Bertz CT molecular complexity index is 1680. The number of halogens is 2. The van der Waals surface area contributed by atoms with Crippen molar-refractivity contribution >= 4 is 74.1 Å².